The van der Waals surface area contributed by atoms with Gasteiger partial charge in [-0.05, 0) is 56.4 Å². The number of alkyl halides is 3. The number of hydrogen-bond donors (Lipinski definition) is 2. The lowest BCUT2D eigenvalue weighted by atomic mass is 10.1. The summed E-state index contributed by atoms with van der Waals surface area (Å²) in [7, 11) is 2.03. The van der Waals surface area contributed by atoms with Gasteiger partial charge in [-0.15, -0.1) is 0 Å². The molecule has 1 fully saturated rings. The minimum Gasteiger partial charge on any atom is -0.491 e. The fraction of sp³-hybridized carbons (Fsp3) is 0.269. The zero-order valence-corrected chi connectivity index (χ0v) is 19.3. The van der Waals surface area contributed by atoms with Crippen molar-refractivity contribution >= 4 is 11.6 Å². The van der Waals surface area contributed by atoms with E-state index >= 15 is 0 Å². The van der Waals surface area contributed by atoms with Gasteiger partial charge in [0, 0.05) is 29.5 Å². The molecule has 7 nitrogen and oxygen atoms in total. The highest BCUT2D eigenvalue weighted by Gasteiger charge is 2.33. The van der Waals surface area contributed by atoms with Gasteiger partial charge < -0.3 is 19.9 Å². The first kappa shape index (κ1) is 24.8. The predicted octanol–water partition coefficient (Wildman–Crippen LogP) is 4.29. The molecule has 2 N–H and O–H groups in total. The van der Waals surface area contributed by atoms with Gasteiger partial charge in [-0.25, -0.2) is 4.98 Å². The summed E-state index contributed by atoms with van der Waals surface area (Å²) < 4.78 is 45.0. The molecule has 1 atom stereocenters. The highest BCUT2D eigenvalue weighted by atomic mass is 19.4. The summed E-state index contributed by atoms with van der Waals surface area (Å²) in [5, 5.41) is 11.7. The molecule has 0 bridgehead atoms. The van der Waals surface area contributed by atoms with Crippen LogP contribution >= 0.6 is 0 Å². The third kappa shape index (κ3) is 6.23. The summed E-state index contributed by atoms with van der Waals surface area (Å²) in [5.74, 6) is 5.23. The van der Waals surface area contributed by atoms with Gasteiger partial charge in [0.1, 0.15) is 17.3 Å². The number of amides is 1. The van der Waals surface area contributed by atoms with E-state index in [0.29, 0.717) is 35.0 Å². The van der Waals surface area contributed by atoms with Crippen molar-refractivity contribution in [2.45, 2.75) is 12.6 Å². The molecule has 1 aromatic heterocycles. The number of rotatable bonds is 5. The monoisotopic (exact) mass is 493 g/mol. The standard InChI is InChI=1S/C26H22F3N5O2/c1-34-10-9-19(15-34)16-36-22-7-6-20(25-31-14-23(33-25)26(27,28)29)12-21(22)32-24(35)8-5-17-3-2-4-18(11-17)13-30/h2-4,6-7,11-12,14,19H,9-10,15-16H2,1H3,(H,31,33)(H,32,35). The lowest BCUT2D eigenvalue weighted by Gasteiger charge is -2.16. The number of hydrogen-bond acceptors (Lipinski definition) is 5. The van der Waals surface area contributed by atoms with Gasteiger partial charge in [-0.2, -0.15) is 18.4 Å². The first-order chi connectivity index (χ1) is 17.2. The van der Waals surface area contributed by atoms with Crippen LogP contribution in [0.4, 0.5) is 18.9 Å². The molecule has 3 aromatic rings. The third-order valence-corrected chi connectivity index (χ3v) is 5.66. The van der Waals surface area contributed by atoms with Crippen LogP contribution in [0.25, 0.3) is 11.4 Å². The molecule has 1 saturated heterocycles. The van der Waals surface area contributed by atoms with Gasteiger partial charge >= 0.3 is 12.1 Å². The molecule has 0 radical (unpaired) electrons. The molecule has 184 valence electrons. The van der Waals surface area contributed by atoms with Gasteiger partial charge in [-0.3, -0.25) is 4.79 Å². The molecule has 10 heteroatoms. The lowest BCUT2D eigenvalue weighted by molar-refractivity contribution is -0.140. The summed E-state index contributed by atoms with van der Waals surface area (Å²) >= 11 is 0. The zero-order valence-electron chi connectivity index (χ0n) is 19.3. The van der Waals surface area contributed by atoms with E-state index in [4.69, 9.17) is 10.00 Å². The number of anilines is 1. The second-order valence-electron chi connectivity index (χ2n) is 8.48. The highest BCUT2D eigenvalue weighted by molar-refractivity contribution is 6.05. The number of aromatic amines is 1. The highest BCUT2D eigenvalue weighted by Crippen LogP contribution is 2.33. The number of nitrogens with zero attached hydrogens (tertiary/aromatic N) is 3. The van der Waals surface area contributed by atoms with Crippen LogP contribution in [0.5, 0.6) is 5.75 Å². The Morgan fingerprint density at radius 3 is 2.78 bits per heavy atom. The van der Waals surface area contributed by atoms with Gasteiger partial charge in [-0.1, -0.05) is 12.0 Å². The minimum absolute atomic E-state index is 0.00111. The first-order valence-electron chi connectivity index (χ1n) is 11.1. The predicted molar refractivity (Wildman–Crippen MR) is 127 cm³/mol. The molecule has 0 spiro atoms. The van der Waals surface area contributed by atoms with Crippen molar-refractivity contribution in [2.75, 3.05) is 32.1 Å². The Labute approximate surface area is 205 Å². The number of carbonyl (C=O) groups is 1. The van der Waals surface area contributed by atoms with E-state index in [1.54, 1.807) is 36.4 Å². The van der Waals surface area contributed by atoms with Crippen LogP contribution in [0.3, 0.4) is 0 Å². The Kier molecular flexibility index (Phi) is 7.28. The fourth-order valence-electron chi connectivity index (χ4n) is 3.83. The van der Waals surface area contributed by atoms with E-state index in [2.05, 4.69) is 32.0 Å². The van der Waals surface area contributed by atoms with Crippen molar-refractivity contribution < 1.29 is 22.7 Å². The van der Waals surface area contributed by atoms with Crippen LogP contribution < -0.4 is 10.1 Å². The molecule has 1 amide bonds. The van der Waals surface area contributed by atoms with Crippen molar-refractivity contribution in [3.8, 4) is 35.0 Å². The quantitative estimate of drug-likeness (QED) is 0.518. The second-order valence-corrected chi connectivity index (χ2v) is 8.48. The molecule has 2 heterocycles. The van der Waals surface area contributed by atoms with E-state index < -0.39 is 17.8 Å². The summed E-state index contributed by atoms with van der Waals surface area (Å²) in [6, 6.07) is 13.2. The molecule has 2 aromatic carbocycles. The van der Waals surface area contributed by atoms with E-state index in [1.807, 2.05) is 13.1 Å². The minimum atomic E-state index is -4.56. The van der Waals surface area contributed by atoms with Crippen LogP contribution in [-0.2, 0) is 11.0 Å². The summed E-state index contributed by atoms with van der Waals surface area (Å²) in [6.07, 6.45) is -2.86. The number of halogens is 3. The van der Waals surface area contributed by atoms with Gasteiger partial charge in [0.15, 0.2) is 0 Å². The zero-order chi connectivity index (χ0) is 25.7. The number of nitrogens with one attached hydrogen (secondary N) is 2. The SMILES string of the molecule is CN1CCC(COc2ccc(-c3ncc(C(F)(F)F)[nH]3)cc2NC(=O)C#Cc2cccc(C#N)c2)C1. The summed E-state index contributed by atoms with van der Waals surface area (Å²) in [6.45, 7) is 2.29. The largest absolute Gasteiger partial charge is 0.491 e. The van der Waals surface area contributed by atoms with E-state index in [1.165, 1.54) is 6.07 Å². The van der Waals surface area contributed by atoms with Crippen LogP contribution in [0.15, 0.2) is 48.7 Å². The Hall–Kier alpha value is -4.28. The maximum atomic E-state index is 13.0. The van der Waals surface area contributed by atoms with Crippen molar-refractivity contribution in [1.82, 2.24) is 14.9 Å². The maximum absolute atomic E-state index is 13.0. The van der Waals surface area contributed by atoms with Crippen molar-refractivity contribution in [1.29, 1.82) is 5.26 Å². The molecule has 4 rings (SSSR count). The topological polar surface area (TPSA) is 94.0 Å². The van der Waals surface area contributed by atoms with Gasteiger partial charge in [0.05, 0.1) is 30.1 Å². The third-order valence-electron chi connectivity index (χ3n) is 5.66. The van der Waals surface area contributed by atoms with Crippen molar-refractivity contribution in [3.05, 3.63) is 65.5 Å². The summed E-state index contributed by atoms with van der Waals surface area (Å²) in [4.78, 5) is 20.9. The van der Waals surface area contributed by atoms with Crippen LogP contribution in [0.1, 0.15) is 23.2 Å². The van der Waals surface area contributed by atoms with E-state index in [9.17, 15) is 18.0 Å². The smallest absolute Gasteiger partial charge is 0.432 e. The molecule has 1 unspecified atom stereocenters. The summed E-state index contributed by atoms with van der Waals surface area (Å²) in [5.41, 5.74) is 0.534. The number of benzene rings is 2. The molecule has 36 heavy (non-hydrogen) atoms. The Bertz CT molecular complexity index is 1360. The average Bonchev–Trinajstić information content (AvgIpc) is 3.51. The maximum Gasteiger partial charge on any atom is 0.432 e. The number of ether oxygens (including phenoxy) is 1. The molecular weight excluding hydrogens is 471 g/mol. The van der Waals surface area contributed by atoms with E-state index in [-0.39, 0.29) is 11.5 Å². The Morgan fingerprint density at radius 2 is 2.08 bits per heavy atom. The Balaban J connectivity index is 1.57. The van der Waals surface area contributed by atoms with E-state index in [0.717, 1.165) is 25.7 Å². The normalized spacial score (nSPS) is 15.6. The first-order valence-corrected chi connectivity index (χ1v) is 11.1. The van der Waals surface area contributed by atoms with Crippen LogP contribution in [0, 0.1) is 29.1 Å². The number of aromatic nitrogens is 2. The Morgan fingerprint density at radius 1 is 1.28 bits per heavy atom. The van der Waals surface area contributed by atoms with Gasteiger partial charge in [0.25, 0.3) is 0 Å². The molecule has 1 aliphatic rings. The molecular formula is C26H22F3N5O2. The number of H-pyrrole nitrogens is 1. The number of likely N-dealkylation sites (tertiary alicyclic amines) is 1. The fourth-order valence-corrected chi connectivity index (χ4v) is 3.83. The second kappa shape index (κ2) is 10.5. The molecule has 1 aliphatic heterocycles. The molecule has 0 aliphatic carbocycles. The van der Waals surface area contributed by atoms with Crippen LogP contribution in [0.2, 0.25) is 0 Å². The van der Waals surface area contributed by atoms with Crippen LogP contribution in [-0.4, -0.2) is 47.5 Å². The number of imidazole rings is 1. The number of carbonyl (C=O) groups excluding carboxylic acids is 1. The number of nitriles is 1. The van der Waals surface area contributed by atoms with Crippen molar-refractivity contribution in [2.24, 2.45) is 5.92 Å². The van der Waals surface area contributed by atoms with Crippen molar-refractivity contribution in [3.63, 3.8) is 0 Å². The lowest BCUT2D eigenvalue weighted by Crippen LogP contribution is -2.18. The molecule has 0 saturated carbocycles. The average molecular weight is 493 g/mol. The van der Waals surface area contributed by atoms with Gasteiger partial charge in [0.2, 0.25) is 0 Å².